The van der Waals surface area contributed by atoms with Gasteiger partial charge in [0.25, 0.3) is 0 Å². The zero-order chi connectivity index (χ0) is 15.4. The average molecular weight is 320 g/mol. The monoisotopic (exact) mass is 320 g/mol. The van der Waals surface area contributed by atoms with Gasteiger partial charge >= 0.3 is 5.97 Å². The Kier molecular flexibility index (Phi) is 4.84. The molecule has 2 aromatic rings. The summed E-state index contributed by atoms with van der Waals surface area (Å²) in [7, 11) is 0. The van der Waals surface area contributed by atoms with Crippen LogP contribution >= 0.6 is 11.3 Å². The van der Waals surface area contributed by atoms with E-state index >= 15 is 0 Å². The predicted molar refractivity (Wildman–Crippen MR) is 84.1 cm³/mol. The topological polar surface area (TPSA) is 71.2 Å². The third kappa shape index (κ3) is 3.72. The first-order valence-corrected chi connectivity index (χ1v) is 8.49. The second-order valence-corrected chi connectivity index (χ2v) is 6.40. The number of carbonyl (C=O) groups is 1. The molecule has 0 bridgehead atoms. The summed E-state index contributed by atoms with van der Waals surface area (Å²) in [6, 6.07) is 0. The van der Waals surface area contributed by atoms with Crippen molar-refractivity contribution in [1.29, 1.82) is 0 Å². The average Bonchev–Trinajstić information content (AvgIpc) is 3.18. The highest BCUT2D eigenvalue weighted by Crippen LogP contribution is 2.26. The fourth-order valence-corrected chi connectivity index (χ4v) is 3.58. The molecule has 0 radical (unpaired) electrons. The molecule has 6 nitrogen and oxygen atoms in total. The molecule has 1 fully saturated rings. The van der Waals surface area contributed by atoms with Gasteiger partial charge in [0.2, 0.25) is 0 Å². The van der Waals surface area contributed by atoms with Crippen molar-refractivity contribution in [2.45, 2.75) is 31.7 Å². The van der Waals surface area contributed by atoms with Gasteiger partial charge in [0.15, 0.2) is 0 Å². The van der Waals surface area contributed by atoms with Crippen molar-refractivity contribution >= 4 is 17.3 Å². The number of piperidine rings is 1. The third-order valence-electron chi connectivity index (χ3n) is 4.08. The van der Waals surface area contributed by atoms with E-state index in [1.54, 1.807) is 11.3 Å². The summed E-state index contributed by atoms with van der Waals surface area (Å²) < 4.78 is 2.17. The largest absolute Gasteiger partial charge is 0.481 e. The molecule has 0 amide bonds. The molecule has 0 aromatic carbocycles. The number of likely N-dealkylation sites (tertiary alicyclic amines) is 1. The Bertz CT molecular complexity index is 611. The minimum absolute atomic E-state index is 0.208. The number of aliphatic carboxylic acids is 1. The van der Waals surface area contributed by atoms with E-state index in [9.17, 15) is 4.79 Å². The Morgan fingerprint density at radius 1 is 1.45 bits per heavy atom. The van der Waals surface area contributed by atoms with E-state index in [0.717, 1.165) is 44.0 Å². The molecule has 1 atom stereocenters. The van der Waals surface area contributed by atoms with Crippen molar-refractivity contribution in [3.8, 4) is 0 Å². The van der Waals surface area contributed by atoms with E-state index < -0.39 is 5.97 Å². The highest BCUT2D eigenvalue weighted by atomic mass is 32.1. The molecule has 0 saturated carbocycles. The van der Waals surface area contributed by atoms with Gasteiger partial charge in [-0.25, -0.2) is 9.97 Å². The van der Waals surface area contributed by atoms with Gasteiger partial charge in [0, 0.05) is 36.8 Å². The van der Waals surface area contributed by atoms with Gasteiger partial charge in [-0.05, 0) is 19.4 Å². The van der Waals surface area contributed by atoms with Crippen molar-refractivity contribution < 1.29 is 9.90 Å². The summed E-state index contributed by atoms with van der Waals surface area (Å²) in [5.74, 6) is 0.733. The number of thiazole rings is 1. The Labute approximate surface area is 133 Å². The summed E-state index contributed by atoms with van der Waals surface area (Å²) in [5.41, 5.74) is 2.91. The normalized spacial score (nSPS) is 19.4. The fraction of sp³-hybridized carbons (Fsp3) is 0.533. The van der Waals surface area contributed by atoms with Gasteiger partial charge in [-0.15, -0.1) is 11.3 Å². The third-order valence-corrected chi connectivity index (χ3v) is 4.71. The quantitative estimate of drug-likeness (QED) is 0.882. The summed E-state index contributed by atoms with van der Waals surface area (Å²) in [5, 5.41) is 10.9. The Morgan fingerprint density at radius 3 is 3.14 bits per heavy atom. The molecule has 1 aliphatic heterocycles. The molecule has 0 unspecified atom stereocenters. The zero-order valence-electron chi connectivity index (χ0n) is 12.4. The minimum Gasteiger partial charge on any atom is -0.481 e. The maximum absolute atomic E-state index is 10.7. The second kappa shape index (κ2) is 7.02. The van der Waals surface area contributed by atoms with Crippen LogP contribution in [0.3, 0.4) is 0 Å². The lowest BCUT2D eigenvalue weighted by molar-refractivity contribution is -0.137. The van der Waals surface area contributed by atoms with Gasteiger partial charge in [0.05, 0.1) is 24.2 Å². The Morgan fingerprint density at radius 2 is 2.36 bits per heavy atom. The number of imidazole rings is 1. The summed E-state index contributed by atoms with van der Waals surface area (Å²) in [6.45, 7) is 3.25. The highest BCUT2D eigenvalue weighted by molar-refractivity contribution is 7.07. The van der Waals surface area contributed by atoms with Crippen molar-refractivity contribution in [2.75, 3.05) is 19.6 Å². The molecule has 3 heterocycles. The first kappa shape index (κ1) is 15.2. The number of carboxylic acid groups (broad SMARTS) is 1. The Hall–Kier alpha value is -1.73. The van der Waals surface area contributed by atoms with Crippen LogP contribution in [0.4, 0.5) is 0 Å². The number of aromatic nitrogens is 3. The predicted octanol–water partition coefficient (Wildman–Crippen LogP) is 2.04. The van der Waals surface area contributed by atoms with Gasteiger partial charge in [-0.2, -0.15) is 0 Å². The maximum atomic E-state index is 10.7. The Balaban J connectivity index is 1.66. The van der Waals surface area contributed by atoms with Crippen molar-refractivity contribution in [3.05, 3.63) is 34.8 Å². The summed E-state index contributed by atoms with van der Waals surface area (Å²) in [4.78, 5) is 21.9. The van der Waals surface area contributed by atoms with Crippen molar-refractivity contribution in [2.24, 2.45) is 0 Å². The molecule has 0 aliphatic carbocycles. The van der Waals surface area contributed by atoms with E-state index in [1.807, 2.05) is 17.9 Å². The van der Waals surface area contributed by atoms with E-state index in [0.29, 0.717) is 12.5 Å². The SMILES string of the molecule is O=C(O)CCN1CCC[C@@H](c2nccn2Cc2cscn2)C1. The van der Waals surface area contributed by atoms with Crippen LogP contribution in [0, 0.1) is 0 Å². The van der Waals surface area contributed by atoms with Gasteiger partial charge in [-0.1, -0.05) is 0 Å². The molecule has 118 valence electrons. The van der Waals surface area contributed by atoms with E-state index in [1.165, 1.54) is 0 Å². The first-order valence-electron chi connectivity index (χ1n) is 7.54. The molecule has 7 heteroatoms. The zero-order valence-corrected chi connectivity index (χ0v) is 13.2. The van der Waals surface area contributed by atoms with E-state index in [2.05, 4.69) is 24.8 Å². The molecular formula is C15H20N4O2S. The molecule has 3 rings (SSSR count). The highest BCUT2D eigenvalue weighted by Gasteiger charge is 2.24. The first-order chi connectivity index (χ1) is 10.7. The van der Waals surface area contributed by atoms with Crippen LogP contribution in [-0.2, 0) is 11.3 Å². The van der Waals surface area contributed by atoms with Crippen LogP contribution in [0.5, 0.6) is 0 Å². The van der Waals surface area contributed by atoms with Crippen LogP contribution in [0.1, 0.15) is 36.7 Å². The lowest BCUT2D eigenvalue weighted by Gasteiger charge is -2.32. The summed E-state index contributed by atoms with van der Waals surface area (Å²) in [6.07, 6.45) is 6.26. The number of nitrogens with zero attached hydrogens (tertiary/aromatic N) is 4. The number of rotatable bonds is 6. The van der Waals surface area contributed by atoms with Crippen molar-refractivity contribution in [3.63, 3.8) is 0 Å². The molecular weight excluding hydrogens is 300 g/mol. The van der Waals surface area contributed by atoms with Crippen LogP contribution in [0.2, 0.25) is 0 Å². The lowest BCUT2D eigenvalue weighted by Crippen LogP contribution is -2.36. The molecule has 1 aliphatic rings. The molecule has 1 N–H and O–H groups in total. The maximum Gasteiger partial charge on any atom is 0.304 e. The fourth-order valence-electron chi connectivity index (χ4n) is 3.03. The van der Waals surface area contributed by atoms with Gasteiger partial charge in [-0.3, -0.25) is 4.79 Å². The van der Waals surface area contributed by atoms with Gasteiger partial charge in [0.1, 0.15) is 5.82 Å². The number of hydrogen-bond donors (Lipinski definition) is 1. The van der Waals surface area contributed by atoms with E-state index in [-0.39, 0.29) is 6.42 Å². The minimum atomic E-state index is -0.729. The van der Waals surface area contributed by atoms with Gasteiger partial charge < -0.3 is 14.6 Å². The number of hydrogen-bond acceptors (Lipinski definition) is 5. The smallest absolute Gasteiger partial charge is 0.304 e. The molecule has 22 heavy (non-hydrogen) atoms. The molecule has 2 aromatic heterocycles. The lowest BCUT2D eigenvalue weighted by atomic mass is 9.97. The van der Waals surface area contributed by atoms with Crippen LogP contribution < -0.4 is 0 Å². The van der Waals surface area contributed by atoms with Crippen LogP contribution in [0.25, 0.3) is 0 Å². The molecule has 1 saturated heterocycles. The standard InChI is InChI=1S/C15H20N4O2S/c20-14(21)3-6-18-5-1-2-12(8-18)15-16-4-7-19(15)9-13-10-22-11-17-13/h4,7,10-12H,1-3,5-6,8-9H2,(H,20,21)/t12-/m1/s1. The summed E-state index contributed by atoms with van der Waals surface area (Å²) >= 11 is 1.60. The number of carboxylic acids is 1. The van der Waals surface area contributed by atoms with Crippen LogP contribution in [0.15, 0.2) is 23.3 Å². The molecule has 0 spiro atoms. The second-order valence-electron chi connectivity index (χ2n) is 5.68. The van der Waals surface area contributed by atoms with Crippen LogP contribution in [-0.4, -0.2) is 50.1 Å². The van der Waals surface area contributed by atoms with E-state index in [4.69, 9.17) is 5.11 Å². The van der Waals surface area contributed by atoms with Crippen molar-refractivity contribution in [1.82, 2.24) is 19.4 Å².